The van der Waals surface area contributed by atoms with Crippen LogP contribution in [0.3, 0.4) is 0 Å². The van der Waals surface area contributed by atoms with Crippen molar-refractivity contribution in [2.45, 2.75) is 61.9 Å². The summed E-state index contributed by atoms with van der Waals surface area (Å²) in [4.78, 5) is 13.1. The Balaban J connectivity index is 1.89. The summed E-state index contributed by atoms with van der Waals surface area (Å²) >= 11 is 0. The Bertz CT molecular complexity index is 842. The van der Waals surface area contributed by atoms with E-state index >= 15 is 0 Å². The molecule has 1 amide bonds. The molecule has 1 N–H and O–H groups in total. The SMILES string of the molecule is C[Si]1(C)C2(C([NH])=O)C3CCC(C3)C2(c2cccc3c2C=CC3)[Si]1(C)C. The maximum atomic E-state index is 13.1. The van der Waals surface area contributed by atoms with Crippen LogP contribution in [0.5, 0.6) is 0 Å². The number of allylic oxidation sites excluding steroid dienone is 1. The molecule has 4 heteroatoms. The summed E-state index contributed by atoms with van der Waals surface area (Å²) in [5.41, 5.74) is 12.8. The Kier molecular flexibility index (Phi) is 2.83. The fourth-order valence-corrected chi connectivity index (χ4v) is 27.1. The van der Waals surface area contributed by atoms with Crippen LogP contribution in [0.15, 0.2) is 24.3 Å². The van der Waals surface area contributed by atoms with Crippen LogP contribution in [0.2, 0.25) is 31.2 Å². The molecule has 4 unspecified atom stereocenters. The van der Waals surface area contributed by atoms with E-state index in [2.05, 4.69) is 56.5 Å². The minimum atomic E-state index is -1.79. The average Bonchev–Trinajstić information content (AvgIpc) is 3.26. The highest BCUT2D eigenvalue weighted by Crippen LogP contribution is 2.85. The van der Waals surface area contributed by atoms with Crippen LogP contribution in [0.4, 0.5) is 0 Å². The highest BCUT2D eigenvalue weighted by Gasteiger charge is 2.91. The first-order chi connectivity index (χ1) is 11.7. The fourth-order valence-electron chi connectivity index (χ4n) is 8.39. The zero-order chi connectivity index (χ0) is 17.8. The molecule has 4 aliphatic rings. The van der Waals surface area contributed by atoms with Crippen LogP contribution < -0.4 is 5.73 Å². The molecule has 1 aliphatic heterocycles. The molecule has 3 aliphatic carbocycles. The number of amides is 1. The zero-order valence-corrected chi connectivity index (χ0v) is 17.8. The Morgan fingerprint density at radius 3 is 2.56 bits per heavy atom. The van der Waals surface area contributed by atoms with Crippen molar-refractivity contribution in [3.8, 4) is 0 Å². The summed E-state index contributed by atoms with van der Waals surface area (Å²) in [5.74, 6) is 0.906. The lowest BCUT2D eigenvalue weighted by atomic mass is 9.71. The molecule has 2 saturated carbocycles. The van der Waals surface area contributed by atoms with Gasteiger partial charge in [0.25, 0.3) is 0 Å². The van der Waals surface area contributed by atoms with Gasteiger partial charge < -0.3 is 0 Å². The van der Waals surface area contributed by atoms with Gasteiger partial charge in [-0.3, -0.25) is 10.5 Å². The van der Waals surface area contributed by atoms with Crippen molar-refractivity contribution < 1.29 is 4.79 Å². The molecule has 2 bridgehead atoms. The van der Waals surface area contributed by atoms with Gasteiger partial charge in [0, 0.05) is 5.04 Å². The highest BCUT2D eigenvalue weighted by molar-refractivity contribution is 7.48. The fraction of sp³-hybridized carbons (Fsp3) is 0.571. The molecular weight excluding hydrogens is 338 g/mol. The van der Waals surface area contributed by atoms with E-state index in [-0.39, 0.29) is 16.0 Å². The average molecular weight is 367 g/mol. The molecule has 25 heavy (non-hydrogen) atoms. The molecular formula is C21H28NOSi2. The zero-order valence-electron chi connectivity index (χ0n) is 15.8. The van der Waals surface area contributed by atoms with Crippen molar-refractivity contribution in [1.82, 2.24) is 5.73 Å². The van der Waals surface area contributed by atoms with E-state index in [1.54, 1.807) is 0 Å². The molecule has 1 aromatic rings. The van der Waals surface area contributed by atoms with Gasteiger partial charge in [0.2, 0.25) is 5.91 Å². The minimum absolute atomic E-state index is 0.0253. The van der Waals surface area contributed by atoms with E-state index in [9.17, 15) is 4.79 Å². The number of rotatable bonds is 2. The number of carbonyl (C=O) groups excluding carboxylic acids is 1. The van der Waals surface area contributed by atoms with Gasteiger partial charge in [-0.25, -0.2) is 0 Å². The van der Waals surface area contributed by atoms with Crippen molar-refractivity contribution in [3.05, 3.63) is 41.0 Å². The topological polar surface area (TPSA) is 40.9 Å². The van der Waals surface area contributed by atoms with Crippen molar-refractivity contribution in [1.29, 1.82) is 0 Å². The molecule has 131 valence electrons. The molecule has 3 fully saturated rings. The van der Waals surface area contributed by atoms with Crippen molar-refractivity contribution in [2.24, 2.45) is 11.8 Å². The summed E-state index contributed by atoms with van der Waals surface area (Å²) in [6.45, 7) is 10.1. The molecule has 1 aromatic carbocycles. The van der Waals surface area contributed by atoms with Crippen LogP contribution in [-0.2, 0) is 16.3 Å². The Hall–Kier alpha value is -1.14. The van der Waals surface area contributed by atoms with E-state index in [4.69, 9.17) is 5.73 Å². The second kappa shape index (κ2) is 4.40. The van der Waals surface area contributed by atoms with Crippen molar-refractivity contribution in [2.75, 3.05) is 0 Å². The standard InChI is InChI=1S/C21H28NOSi2/c1-24(2)20(18-10-6-8-14-7-5-9-17(14)18)15-11-12-16(13-15)21(20,19(22)23)25(24,3)4/h5-6,8-10,15-16,22H,7,11-13H2,1-4H3. The van der Waals surface area contributed by atoms with Gasteiger partial charge in [0.15, 0.2) is 0 Å². The second-order valence-electron chi connectivity index (χ2n) is 9.89. The molecule has 4 atom stereocenters. The molecule has 1 saturated heterocycles. The van der Waals surface area contributed by atoms with E-state index in [0.29, 0.717) is 11.8 Å². The molecule has 5 rings (SSSR count). The van der Waals surface area contributed by atoms with Crippen molar-refractivity contribution >= 4 is 27.2 Å². The van der Waals surface area contributed by atoms with E-state index in [1.165, 1.54) is 36.0 Å². The van der Waals surface area contributed by atoms with Gasteiger partial charge in [-0.15, -0.1) is 0 Å². The molecule has 0 spiro atoms. The van der Waals surface area contributed by atoms with Gasteiger partial charge in [0.05, 0.1) is 20.2 Å². The predicted molar refractivity (Wildman–Crippen MR) is 107 cm³/mol. The second-order valence-corrected chi connectivity index (χ2v) is 25.5. The molecule has 0 aromatic heterocycles. The lowest BCUT2D eigenvalue weighted by Crippen LogP contribution is -2.91. The number of hydrogen-bond donors (Lipinski definition) is 0. The van der Waals surface area contributed by atoms with Gasteiger partial charge in [0.1, 0.15) is 0 Å². The minimum Gasteiger partial charge on any atom is -0.273 e. The normalized spacial score (nSPS) is 41.3. The Morgan fingerprint density at radius 1 is 1.12 bits per heavy atom. The number of hydrogen-bond acceptors (Lipinski definition) is 1. The Labute approximate surface area is 152 Å². The van der Waals surface area contributed by atoms with E-state index < -0.39 is 15.2 Å². The summed E-state index contributed by atoms with van der Waals surface area (Å²) in [6, 6.07) is 6.81. The smallest absolute Gasteiger partial charge is 0.242 e. The third kappa shape index (κ3) is 1.29. The number of benzene rings is 1. The van der Waals surface area contributed by atoms with Gasteiger partial charge >= 0.3 is 0 Å². The summed E-state index contributed by atoms with van der Waals surface area (Å²) < 4.78 is 0. The first-order valence-corrected chi connectivity index (χ1v) is 16.8. The lowest BCUT2D eigenvalue weighted by molar-refractivity contribution is -0.125. The van der Waals surface area contributed by atoms with Crippen LogP contribution in [-0.4, -0.2) is 21.1 Å². The number of carbonyl (C=O) groups is 1. The number of nitrogens with one attached hydrogen (secondary N) is 1. The monoisotopic (exact) mass is 366 g/mol. The van der Waals surface area contributed by atoms with Gasteiger partial charge in [-0.1, -0.05) is 56.5 Å². The highest BCUT2D eigenvalue weighted by atomic mass is 29.3. The van der Waals surface area contributed by atoms with Gasteiger partial charge in [-0.05, 0) is 54.2 Å². The maximum absolute atomic E-state index is 13.1. The van der Waals surface area contributed by atoms with E-state index in [0.717, 1.165) is 6.42 Å². The third-order valence-corrected chi connectivity index (χ3v) is 30.6. The van der Waals surface area contributed by atoms with Crippen LogP contribution in [0.25, 0.3) is 6.08 Å². The maximum Gasteiger partial charge on any atom is 0.242 e. The van der Waals surface area contributed by atoms with Crippen LogP contribution >= 0.6 is 0 Å². The summed E-state index contributed by atoms with van der Waals surface area (Å²) in [6.07, 6.45) is 9.26. The first-order valence-electron chi connectivity index (χ1n) is 9.79. The van der Waals surface area contributed by atoms with Crippen LogP contribution in [0, 0.1) is 11.8 Å². The van der Waals surface area contributed by atoms with Crippen molar-refractivity contribution in [3.63, 3.8) is 0 Å². The largest absolute Gasteiger partial charge is 0.273 e. The Morgan fingerprint density at radius 2 is 1.84 bits per heavy atom. The molecule has 1 radical (unpaired) electrons. The third-order valence-electron chi connectivity index (χ3n) is 9.42. The van der Waals surface area contributed by atoms with Gasteiger partial charge in [-0.2, -0.15) is 0 Å². The first kappa shape index (κ1) is 16.1. The predicted octanol–water partition coefficient (Wildman–Crippen LogP) is 4.52. The molecule has 1 heterocycles. The molecule has 2 nitrogen and oxygen atoms in total. The quantitative estimate of drug-likeness (QED) is 0.709. The van der Waals surface area contributed by atoms with Crippen LogP contribution in [0.1, 0.15) is 36.0 Å². The number of fused-ring (bicyclic) bond motifs is 6. The van der Waals surface area contributed by atoms with E-state index in [1.807, 2.05) is 0 Å². The summed E-state index contributed by atoms with van der Waals surface area (Å²) in [5, 5.41) is -0.290. The lowest BCUT2D eigenvalue weighted by Gasteiger charge is -2.78. The summed E-state index contributed by atoms with van der Waals surface area (Å²) in [7, 11) is -3.45.